The van der Waals surface area contributed by atoms with E-state index in [9.17, 15) is 8.42 Å². The quantitative estimate of drug-likeness (QED) is 0.848. The number of hydrogen-bond acceptors (Lipinski definition) is 3. The summed E-state index contributed by atoms with van der Waals surface area (Å²) in [5, 5.41) is 0. The molecule has 0 heterocycles. The third kappa shape index (κ3) is 3.80. The predicted octanol–water partition coefficient (Wildman–Crippen LogP) is 1.42. The smallest absolute Gasteiger partial charge is 0.243 e. The average molecular weight is 280 g/mol. The van der Waals surface area contributed by atoms with Gasteiger partial charge in [-0.3, -0.25) is 0 Å². The van der Waals surface area contributed by atoms with Crippen LogP contribution in [0, 0.1) is 11.8 Å². The summed E-state index contributed by atoms with van der Waals surface area (Å²) in [6, 6.07) is 6.57. The van der Waals surface area contributed by atoms with Gasteiger partial charge in [0.2, 0.25) is 10.0 Å². The molecule has 19 heavy (non-hydrogen) atoms. The Bertz CT molecular complexity index is 583. The lowest BCUT2D eigenvalue weighted by molar-refractivity contribution is 0.369. The van der Waals surface area contributed by atoms with E-state index < -0.39 is 10.0 Å². The van der Waals surface area contributed by atoms with Crippen LogP contribution in [0.15, 0.2) is 29.2 Å². The number of sulfonamides is 1. The van der Waals surface area contributed by atoms with E-state index in [4.69, 9.17) is 5.73 Å². The van der Waals surface area contributed by atoms with Gasteiger partial charge in [-0.15, -0.1) is 0 Å². The summed E-state index contributed by atoms with van der Waals surface area (Å²) in [7, 11) is -3.46. The van der Waals surface area contributed by atoms with E-state index in [1.807, 2.05) is 20.8 Å². The molecule has 1 aromatic carbocycles. The monoisotopic (exact) mass is 280 g/mol. The minimum Gasteiger partial charge on any atom is -0.320 e. The fourth-order valence-electron chi connectivity index (χ4n) is 1.84. The third-order valence-electron chi connectivity index (χ3n) is 2.66. The highest BCUT2D eigenvalue weighted by molar-refractivity contribution is 7.89. The van der Waals surface area contributed by atoms with Crippen molar-refractivity contribution in [2.45, 2.75) is 31.7 Å². The van der Waals surface area contributed by atoms with Gasteiger partial charge in [0.1, 0.15) is 0 Å². The van der Waals surface area contributed by atoms with Gasteiger partial charge in [0.15, 0.2) is 0 Å². The van der Waals surface area contributed by atoms with E-state index in [1.165, 1.54) is 4.31 Å². The highest BCUT2D eigenvalue weighted by Gasteiger charge is 2.25. The third-order valence-corrected chi connectivity index (χ3v) is 4.81. The van der Waals surface area contributed by atoms with Gasteiger partial charge in [-0.05, 0) is 32.0 Å². The minimum atomic E-state index is -3.46. The van der Waals surface area contributed by atoms with Crippen LogP contribution in [0.5, 0.6) is 0 Å². The van der Waals surface area contributed by atoms with Crippen LogP contribution in [0.3, 0.4) is 0 Å². The average Bonchev–Trinajstić information content (AvgIpc) is 2.36. The fourth-order valence-corrected chi connectivity index (χ4v) is 3.53. The number of benzene rings is 1. The van der Waals surface area contributed by atoms with Crippen LogP contribution in [0.25, 0.3) is 0 Å². The fraction of sp³-hybridized carbons (Fsp3) is 0.429. The molecule has 0 unspecified atom stereocenters. The first-order valence-electron chi connectivity index (χ1n) is 6.24. The van der Waals surface area contributed by atoms with Crippen LogP contribution in [0.1, 0.15) is 26.3 Å². The topological polar surface area (TPSA) is 63.4 Å². The normalized spacial score (nSPS) is 11.5. The van der Waals surface area contributed by atoms with Crippen molar-refractivity contribution >= 4 is 10.0 Å². The molecule has 0 fully saturated rings. The van der Waals surface area contributed by atoms with E-state index in [0.717, 1.165) is 0 Å². The Labute approximate surface area is 115 Å². The molecule has 4 nitrogen and oxygen atoms in total. The molecule has 0 radical (unpaired) electrons. The van der Waals surface area contributed by atoms with Crippen molar-refractivity contribution in [3.63, 3.8) is 0 Å². The molecule has 1 aromatic rings. The molecule has 2 N–H and O–H groups in total. The summed E-state index contributed by atoms with van der Waals surface area (Å²) in [4.78, 5) is 0.270. The van der Waals surface area contributed by atoms with E-state index in [2.05, 4.69) is 11.8 Å². The molecular formula is C14H20N2O2S. The zero-order valence-corrected chi connectivity index (χ0v) is 12.4. The SMILES string of the molecule is CCN(C(C)C)S(=O)(=O)c1cccc(C#CCN)c1. The predicted molar refractivity (Wildman–Crippen MR) is 77.1 cm³/mol. The van der Waals surface area contributed by atoms with Crippen LogP contribution in [0.4, 0.5) is 0 Å². The first-order valence-corrected chi connectivity index (χ1v) is 7.68. The van der Waals surface area contributed by atoms with Crippen LogP contribution >= 0.6 is 0 Å². The number of nitrogens with zero attached hydrogens (tertiary/aromatic N) is 1. The standard InChI is InChI=1S/C14H20N2O2S/c1-4-16(12(2)3)19(17,18)14-9-5-7-13(11-14)8-6-10-15/h5,7,9,11-12H,4,10,15H2,1-3H3. The van der Waals surface area contributed by atoms with Crippen LogP contribution in [-0.4, -0.2) is 31.9 Å². The van der Waals surface area contributed by atoms with Gasteiger partial charge >= 0.3 is 0 Å². The molecule has 1 rings (SSSR count). The molecule has 104 valence electrons. The highest BCUT2D eigenvalue weighted by Crippen LogP contribution is 2.18. The van der Waals surface area contributed by atoms with Gasteiger partial charge in [0.25, 0.3) is 0 Å². The molecule has 0 aliphatic heterocycles. The Balaban J connectivity index is 3.22. The first kappa shape index (κ1) is 15.7. The molecule has 0 saturated heterocycles. The summed E-state index contributed by atoms with van der Waals surface area (Å²) >= 11 is 0. The molecule has 0 amide bonds. The van der Waals surface area contributed by atoms with Gasteiger partial charge in [-0.1, -0.05) is 24.8 Å². The lowest BCUT2D eigenvalue weighted by atomic mass is 10.2. The molecule has 0 atom stereocenters. The van der Waals surface area contributed by atoms with Crippen molar-refractivity contribution in [2.24, 2.45) is 5.73 Å². The van der Waals surface area contributed by atoms with Gasteiger partial charge in [-0.2, -0.15) is 4.31 Å². The summed E-state index contributed by atoms with van der Waals surface area (Å²) in [6.45, 7) is 6.25. The van der Waals surface area contributed by atoms with Crippen molar-refractivity contribution in [1.29, 1.82) is 0 Å². The van der Waals surface area contributed by atoms with Crippen molar-refractivity contribution in [1.82, 2.24) is 4.31 Å². The van der Waals surface area contributed by atoms with Gasteiger partial charge in [-0.25, -0.2) is 8.42 Å². The largest absolute Gasteiger partial charge is 0.320 e. The zero-order chi connectivity index (χ0) is 14.5. The molecule has 0 aliphatic carbocycles. The molecule has 0 bridgehead atoms. The minimum absolute atomic E-state index is 0.0752. The van der Waals surface area contributed by atoms with Gasteiger partial charge < -0.3 is 5.73 Å². The Hall–Kier alpha value is -1.35. The Morgan fingerprint density at radius 2 is 2.05 bits per heavy atom. The van der Waals surface area contributed by atoms with E-state index in [1.54, 1.807) is 24.3 Å². The summed E-state index contributed by atoms with van der Waals surface area (Å²) in [5.41, 5.74) is 5.97. The molecule has 0 saturated carbocycles. The molecule has 0 spiro atoms. The van der Waals surface area contributed by atoms with Crippen molar-refractivity contribution < 1.29 is 8.42 Å². The van der Waals surface area contributed by atoms with Gasteiger partial charge in [0, 0.05) is 18.2 Å². The van der Waals surface area contributed by atoms with Crippen LogP contribution in [-0.2, 0) is 10.0 Å². The van der Waals surface area contributed by atoms with Gasteiger partial charge in [0.05, 0.1) is 11.4 Å². The summed E-state index contributed by atoms with van der Waals surface area (Å²) in [5.74, 6) is 5.56. The second-order valence-electron chi connectivity index (χ2n) is 4.34. The maximum absolute atomic E-state index is 12.5. The molecule has 0 aliphatic rings. The maximum atomic E-state index is 12.5. The number of rotatable bonds is 4. The Morgan fingerprint density at radius 1 is 1.37 bits per heavy atom. The summed E-state index contributed by atoms with van der Waals surface area (Å²) in [6.07, 6.45) is 0. The Kier molecular flexibility index (Phi) is 5.55. The van der Waals surface area contributed by atoms with Crippen molar-refractivity contribution in [2.75, 3.05) is 13.1 Å². The lowest BCUT2D eigenvalue weighted by Crippen LogP contribution is -2.36. The van der Waals surface area contributed by atoms with Crippen molar-refractivity contribution in [3.8, 4) is 11.8 Å². The van der Waals surface area contributed by atoms with Crippen molar-refractivity contribution in [3.05, 3.63) is 29.8 Å². The molecule has 5 heteroatoms. The van der Waals surface area contributed by atoms with E-state index >= 15 is 0 Å². The van der Waals surface area contributed by atoms with E-state index in [-0.39, 0.29) is 17.5 Å². The summed E-state index contributed by atoms with van der Waals surface area (Å²) < 4.78 is 26.4. The van der Waals surface area contributed by atoms with E-state index in [0.29, 0.717) is 12.1 Å². The second-order valence-corrected chi connectivity index (χ2v) is 6.23. The highest BCUT2D eigenvalue weighted by atomic mass is 32.2. The lowest BCUT2D eigenvalue weighted by Gasteiger charge is -2.24. The number of nitrogens with two attached hydrogens (primary N) is 1. The first-order chi connectivity index (χ1) is 8.93. The van der Waals surface area contributed by atoms with Crippen LogP contribution in [0.2, 0.25) is 0 Å². The van der Waals surface area contributed by atoms with Crippen LogP contribution < -0.4 is 5.73 Å². The maximum Gasteiger partial charge on any atom is 0.243 e. The Morgan fingerprint density at radius 3 is 2.58 bits per heavy atom. The number of hydrogen-bond donors (Lipinski definition) is 1. The molecule has 0 aromatic heterocycles. The zero-order valence-electron chi connectivity index (χ0n) is 11.6. The second kappa shape index (κ2) is 6.71. The molecular weight excluding hydrogens is 260 g/mol.